The minimum atomic E-state index is -0.480. The first-order valence-electron chi connectivity index (χ1n) is 12.2. The van der Waals surface area contributed by atoms with E-state index in [1.807, 2.05) is 54.6 Å². The number of hydrogen-bond donors (Lipinski definition) is 1. The highest BCUT2D eigenvalue weighted by molar-refractivity contribution is 6.28. The van der Waals surface area contributed by atoms with Gasteiger partial charge in [0.15, 0.2) is 17.3 Å². The maximum atomic E-state index is 13.8. The van der Waals surface area contributed by atoms with Crippen molar-refractivity contribution in [3.05, 3.63) is 65.7 Å². The third-order valence-electron chi connectivity index (χ3n) is 7.41. The number of aromatic nitrogens is 1. The molecule has 2 aliphatic heterocycles. The van der Waals surface area contributed by atoms with Gasteiger partial charge in [0.2, 0.25) is 0 Å². The number of hydrogen-bond acceptors (Lipinski definition) is 8. The van der Waals surface area contributed by atoms with Crippen molar-refractivity contribution in [2.45, 2.75) is 18.6 Å². The van der Waals surface area contributed by atoms with Crippen molar-refractivity contribution in [1.82, 2.24) is 5.16 Å². The molecule has 3 aromatic carbocycles. The van der Waals surface area contributed by atoms with Crippen LogP contribution in [0, 0.1) is 0 Å². The van der Waals surface area contributed by atoms with Crippen LogP contribution in [-0.2, 0) is 9.47 Å². The van der Waals surface area contributed by atoms with Crippen LogP contribution in [0.5, 0.6) is 5.75 Å². The summed E-state index contributed by atoms with van der Waals surface area (Å²) in [6.07, 6.45) is 1.53. The van der Waals surface area contributed by atoms with E-state index >= 15 is 0 Å². The second kappa shape index (κ2) is 8.08. The maximum absolute atomic E-state index is 13.8. The smallest absolute Gasteiger partial charge is 0.196 e. The summed E-state index contributed by atoms with van der Waals surface area (Å²) in [6.45, 7) is 2.78. The lowest BCUT2D eigenvalue weighted by Gasteiger charge is -2.39. The number of nitrogens with zero attached hydrogens (tertiary/aromatic N) is 2. The van der Waals surface area contributed by atoms with E-state index in [0.29, 0.717) is 41.3 Å². The molecule has 1 aliphatic carbocycles. The number of piperidine rings is 1. The number of carbonyl (C=O) groups excluding carboxylic acids is 1. The molecule has 2 saturated heterocycles. The fourth-order valence-corrected chi connectivity index (χ4v) is 5.61. The van der Waals surface area contributed by atoms with Gasteiger partial charge in [0.25, 0.3) is 0 Å². The Kier molecular flexibility index (Phi) is 4.80. The highest BCUT2D eigenvalue weighted by Gasteiger charge is 2.41. The van der Waals surface area contributed by atoms with Crippen LogP contribution < -0.4 is 15.0 Å². The Hall–Kier alpha value is -3.88. The van der Waals surface area contributed by atoms with Crippen molar-refractivity contribution in [3.63, 3.8) is 0 Å². The summed E-state index contributed by atoms with van der Waals surface area (Å²) >= 11 is 0. The SMILES string of the molecule is COc1cccc(Nc2cc(N3CCC4(CC3)OCCO4)c3noc4c3c2C(=O)c2ccccc2-4)c1. The largest absolute Gasteiger partial charge is 0.497 e. The number of nitrogens with one attached hydrogen (secondary N) is 1. The lowest BCUT2D eigenvalue weighted by atomic mass is 9.86. The Bertz CT molecular complexity index is 1490. The molecule has 2 fully saturated rings. The molecule has 8 nitrogen and oxygen atoms in total. The monoisotopic (exact) mass is 483 g/mol. The number of carbonyl (C=O) groups is 1. The lowest BCUT2D eigenvalue weighted by Crippen LogP contribution is -2.45. The van der Waals surface area contributed by atoms with Crippen LogP contribution in [0.3, 0.4) is 0 Å². The van der Waals surface area contributed by atoms with E-state index in [0.717, 1.165) is 54.0 Å². The summed E-state index contributed by atoms with van der Waals surface area (Å²) in [5, 5.41) is 8.71. The fourth-order valence-electron chi connectivity index (χ4n) is 5.61. The molecule has 3 heterocycles. The van der Waals surface area contributed by atoms with Gasteiger partial charge in [-0.3, -0.25) is 4.79 Å². The van der Waals surface area contributed by atoms with Gasteiger partial charge in [-0.15, -0.1) is 0 Å². The third-order valence-corrected chi connectivity index (χ3v) is 7.41. The Balaban J connectivity index is 1.38. The van der Waals surface area contributed by atoms with Gasteiger partial charge in [0.05, 0.1) is 42.6 Å². The van der Waals surface area contributed by atoms with E-state index in [4.69, 9.17) is 18.7 Å². The molecule has 1 spiro atoms. The predicted octanol–water partition coefficient (Wildman–Crippen LogP) is 5.13. The minimum absolute atomic E-state index is 0.0476. The van der Waals surface area contributed by atoms with E-state index in [1.54, 1.807) is 7.11 Å². The second-order valence-corrected chi connectivity index (χ2v) is 9.38. The second-order valence-electron chi connectivity index (χ2n) is 9.38. The first-order chi connectivity index (χ1) is 17.7. The quantitative estimate of drug-likeness (QED) is 0.376. The van der Waals surface area contributed by atoms with Gasteiger partial charge in [-0.2, -0.15) is 0 Å². The van der Waals surface area contributed by atoms with Gasteiger partial charge in [0.1, 0.15) is 11.3 Å². The average Bonchev–Trinajstić information content (AvgIpc) is 3.56. The van der Waals surface area contributed by atoms with Crippen molar-refractivity contribution in [2.24, 2.45) is 0 Å². The molecular weight excluding hydrogens is 458 g/mol. The van der Waals surface area contributed by atoms with Crippen LogP contribution in [0.25, 0.3) is 22.2 Å². The van der Waals surface area contributed by atoms with Crippen molar-refractivity contribution in [2.75, 3.05) is 43.6 Å². The summed E-state index contributed by atoms with van der Waals surface area (Å²) in [5.74, 6) is 0.831. The van der Waals surface area contributed by atoms with Crippen LogP contribution in [-0.4, -0.2) is 50.1 Å². The Morgan fingerprint density at radius 2 is 1.78 bits per heavy atom. The molecule has 3 aliphatic rings. The fraction of sp³-hybridized carbons (Fsp3) is 0.286. The van der Waals surface area contributed by atoms with Crippen LogP contribution >= 0.6 is 0 Å². The van der Waals surface area contributed by atoms with Crippen molar-refractivity contribution >= 4 is 33.7 Å². The van der Waals surface area contributed by atoms with Crippen LogP contribution in [0.1, 0.15) is 28.8 Å². The summed E-state index contributed by atoms with van der Waals surface area (Å²) in [7, 11) is 1.64. The van der Waals surface area contributed by atoms with Gasteiger partial charge in [-0.05, 0) is 18.2 Å². The van der Waals surface area contributed by atoms with E-state index in [1.165, 1.54) is 0 Å². The number of fused-ring (bicyclic) bond motifs is 2. The van der Waals surface area contributed by atoms with Crippen LogP contribution in [0.2, 0.25) is 0 Å². The molecule has 0 amide bonds. The van der Waals surface area contributed by atoms with E-state index in [2.05, 4.69) is 15.4 Å². The topological polar surface area (TPSA) is 86.1 Å². The molecule has 7 rings (SSSR count). The third kappa shape index (κ3) is 3.22. The molecule has 0 atom stereocenters. The molecule has 0 saturated carbocycles. The minimum Gasteiger partial charge on any atom is -0.497 e. The summed E-state index contributed by atoms with van der Waals surface area (Å²) in [6, 6.07) is 17.2. The first kappa shape index (κ1) is 21.4. The zero-order valence-corrected chi connectivity index (χ0v) is 19.9. The molecule has 0 unspecified atom stereocenters. The standard InChI is InChI=1S/C28H25N3O5/c1-33-18-6-4-5-17(15-18)29-21-16-22(31-11-9-28(10-12-31)34-13-14-35-28)25-24-23(21)26(32)19-7-2-3-8-20(19)27(24)36-30-25/h2-8,15-16,29H,9-14H2,1H3. The number of anilines is 3. The zero-order valence-electron chi connectivity index (χ0n) is 19.9. The predicted molar refractivity (Wildman–Crippen MR) is 135 cm³/mol. The van der Waals surface area contributed by atoms with E-state index in [-0.39, 0.29) is 5.78 Å². The van der Waals surface area contributed by atoms with Gasteiger partial charge in [-0.1, -0.05) is 35.5 Å². The molecule has 1 N–H and O–H groups in total. The van der Waals surface area contributed by atoms with Crippen LogP contribution in [0.4, 0.5) is 17.1 Å². The van der Waals surface area contributed by atoms with Gasteiger partial charge < -0.3 is 29.0 Å². The summed E-state index contributed by atoms with van der Waals surface area (Å²) in [5.41, 5.74) is 5.11. The van der Waals surface area contributed by atoms with E-state index < -0.39 is 5.79 Å². The molecule has 4 aromatic rings. The van der Waals surface area contributed by atoms with Crippen molar-refractivity contribution in [3.8, 4) is 17.1 Å². The molecular formula is C28H25N3O5. The maximum Gasteiger partial charge on any atom is 0.196 e. The molecule has 0 radical (unpaired) electrons. The Morgan fingerprint density at radius 3 is 2.56 bits per heavy atom. The number of benzene rings is 3. The normalized spacial score (nSPS) is 18.0. The average molecular weight is 484 g/mol. The Morgan fingerprint density at radius 1 is 1.00 bits per heavy atom. The number of ether oxygens (including phenoxy) is 3. The summed E-state index contributed by atoms with van der Waals surface area (Å²) < 4.78 is 23.2. The molecule has 1 aromatic heterocycles. The van der Waals surface area contributed by atoms with Gasteiger partial charge in [0, 0.05) is 48.8 Å². The molecule has 0 bridgehead atoms. The number of rotatable bonds is 4. The van der Waals surface area contributed by atoms with E-state index in [9.17, 15) is 4.79 Å². The molecule has 8 heteroatoms. The molecule has 36 heavy (non-hydrogen) atoms. The highest BCUT2D eigenvalue weighted by atomic mass is 16.7. The van der Waals surface area contributed by atoms with Crippen molar-refractivity contribution < 1.29 is 23.5 Å². The number of methoxy groups -OCH3 is 1. The first-order valence-corrected chi connectivity index (χ1v) is 12.2. The lowest BCUT2D eigenvalue weighted by molar-refractivity contribution is -0.169. The number of ketones is 1. The van der Waals surface area contributed by atoms with Crippen LogP contribution in [0.15, 0.2) is 59.1 Å². The summed E-state index contributed by atoms with van der Waals surface area (Å²) in [4.78, 5) is 16.1. The zero-order chi connectivity index (χ0) is 24.3. The van der Waals surface area contributed by atoms with Gasteiger partial charge in [-0.25, -0.2) is 0 Å². The van der Waals surface area contributed by atoms with Gasteiger partial charge >= 0.3 is 0 Å². The highest BCUT2D eigenvalue weighted by Crippen LogP contribution is 2.47. The Labute approximate surface area is 207 Å². The molecule has 182 valence electrons. The van der Waals surface area contributed by atoms with Crippen molar-refractivity contribution in [1.29, 1.82) is 0 Å².